The first-order valence-electron chi connectivity index (χ1n) is 6.42. The molecule has 0 aromatic carbocycles. The molecule has 0 spiro atoms. The maximum Gasteiger partial charge on any atom is 0.246 e. The number of amides is 1. The molecule has 0 radical (unpaired) electrons. The monoisotopic (exact) mass is 298 g/mol. The summed E-state index contributed by atoms with van der Waals surface area (Å²) in [5, 5.41) is 0. The van der Waals surface area contributed by atoms with Gasteiger partial charge in [-0.1, -0.05) is 0 Å². The van der Waals surface area contributed by atoms with Crippen molar-refractivity contribution in [1.82, 2.24) is 9.62 Å². The Labute approximate surface area is 118 Å². The highest BCUT2D eigenvalue weighted by Crippen LogP contribution is 2.12. The minimum atomic E-state index is -3.24. The quantitative estimate of drug-likeness (QED) is 0.835. The van der Waals surface area contributed by atoms with Gasteiger partial charge in [0.05, 0.1) is 12.5 Å². The smallest absolute Gasteiger partial charge is 0.246 e. The van der Waals surface area contributed by atoms with Crippen molar-refractivity contribution in [2.75, 3.05) is 19.3 Å². The fourth-order valence-electron chi connectivity index (χ4n) is 2.22. The second-order valence-corrected chi connectivity index (χ2v) is 6.64. The number of carbonyl (C=O) groups excluding carboxylic acids is 1. The molecular formula is C13H18N2O4S. The average molecular weight is 298 g/mol. The topological polar surface area (TPSA) is 79.6 Å². The van der Waals surface area contributed by atoms with E-state index in [9.17, 15) is 13.2 Å². The van der Waals surface area contributed by atoms with Gasteiger partial charge in [-0.15, -0.1) is 0 Å². The molecule has 0 bridgehead atoms. The summed E-state index contributed by atoms with van der Waals surface area (Å²) in [6, 6.07) is 3.30. The van der Waals surface area contributed by atoms with E-state index in [1.54, 1.807) is 23.1 Å². The molecule has 1 fully saturated rings. The van der Waals surface area contributed by atoms with Crippen LogP contribution in [0.15, 0.2) is 28.9 Å². The number of carbonyl (C=O) groups is 1. The van der Waals surface area contributed by atoms with Crippen molar-refractivity contribution in [3.63, 3.8) is 0 Å². The zero-order valence-electron chi connectivity index (χ0n) is 11.3. The number of piperidine rings is 1. The van der Waals surface area contributed by atoms with E-state index in [0.717, 1.165) is 19.1 Å². The Morgan fingerprint density at radius 3 is 3.00 bits per heavy atom. The van der Waals surface area contributed by atoms with Crippen LogP contribution in [0.5, 0.6) is 0 Å². The predicted molar refractivity (Wildman–Crippen MR) is 75.3 cm³/mol. The molecule has 1 unspecified atom stereocenters. The fraction of sp³-hybridized carbons (Fsp3) is 0.462. The van der Waals surface area contributed by atoms with Crippen LogP contribution < -0.4 is 4.72 Å². The van der Waals surface area contributed by atoms with Gasteiger partial charge in [0.2, 0.25) is 15.9 Å². The largest absolute Gasteiger partial charge is 0.465 e. The number of rotatable bonds is 4. The van der Waals surface area contributed by atoms with Crippen LogP contribution >= 0.6 is 0 Å². The zero-order valence-corrected chi connectivity index (χ0v) is 12.1. The summed E-state index contributed by atoms with van der Waals surface area (Å²) in [7, 11) is -3.24. The van der Waals surface area contributed by atoms with Gasteiger partial charge in [-0.05, 0) is 31.1 Å². The Kier molecular flexibility index (Phi) is 4.61. The molecule has 1 aromatic rings. The minimum absolute atomic E-state index is 0.138. The van der Waals surface area contributed by atoms with Crippen LogP contribution in [0.2, 0.25) is 0 Å². The van der Waals surface area contributed by atoms with Gasteiger partial charge in [-0.3, -0.25) is 4.79 Å². The molecule has 7 heteroatoms. The third-order valence-corrected chi connectivity index (χ3v) is 3.81. The van der Waals surface area contributed by atoms with E-state index in [0.29, 0.717) is 18.8 Å². The van der Waals surface area contributed by atoms with Crippen molar-refractivity contribution in [3.05, 3.63) is 30.2 Å². The van der Waals surface area contributed by atoms with Gasteiger partial charge in [0.15, 0.2) is 0 Å². The van der Waals surface area contributed by atoms with Gasteiger partial charge in [0.1, 0.15) is 5.76 Å². The van der Waals surface area contributed by atoms with Gasteiger partial charge < -0.3 is 9.32 Å². The molecule has 1 aromatic heterocycles. The number of hydrogen-bond donors (Lipinski definition) is 1. The van der Waals surface area contributed by atoms with E-state index >= 15 is 0 Å². The lowest BCUT2D eigenvalue weighted by Gasteiger charge is -2.32. The van der Waals surface area contributed by atoms with Gasteiger partial charge in [0.25, 0.3) is 0 Å². The van der Waals surface area contributed by atoms with Crippen LogP contribution in [0.25, 0.3) is 6.08 Å². The average Bonchev–Trinajstić information content (AvgIpc) is 2.87. The van der Waals surface area contributed by atoms with Crippen molar-refractivity contribution < 1.29 is 17.6 Å². The van der Waals surface area contributed by atoms with Crippen LogP contribution in [-0.2, 0) is 14.8 Å². The number of furan rings is 1. The van der Waals surface area contributed by atoms with E-state index < -0.39 is 10.0 Å². The molecule has 2 heterocycles. The Bertz CT molecular complexity index is 578. The van der Waals surface area contributed by atoms with E-state index in [2.05, 4.69) is 4.72 Å². The third-order valence-electron chi connectivity index (χ3n) is 3.05. The highest BCUT2D eigenvalue weighted by atomic mass is 32.2. The zero-order chi connectivity index (χ0) is 14.6. The van der Waals surface area contributed by atoms with E-state index in [1.807, 2.05) is 0 Å². The summed E-state index contributed by atoms with van der Waals surface area (Å²) in [5.74, 6) is 0.475. The molecule has 1 aliphatic heterocycles. The molecule has 2 rings (SSSR count). The third kappa shape index (κ3) is 4.50. The molecule has 20 heavy (non-hydrogen) atoms. The maximum atomic E-state index is 12.0. The Morgan fingerprint density at radius 2 is 2.35 bits per heavy atom. The SMILES string of the molecule is CS(=O)(=O)NC1CCCN(C(=O)C=Cc2ccco2)C1. The Balaban J connectivity index is 1.93. The van der Waals surface area contributed by atoms with E-state index in [4.69, 9.17) is 4.42 Å². The second kappa shape index (κ2) is 6.23. The van der Waals surface area contributed by atoms with Crippen molar-refractivity contribution >= 4 is 22.0 Å². The predicted octanol–water partition coefficient (Wildman–Crippen LogP) is 0.833. The molecule has 1 saturated heterocycles. The van der Waals surface area contributed by atoms with E-state index in [-0.39, 0.29) is 11.9 Å². The first kappa shape index (κ1) is 14.8. The highest BCUT2D eigenvalue weighted by Gasteiger charge is 2.24. The lowest BCUT2D eigenvalue weighted by molar-refractivity contribution is -0.127. The van der Waals surface area contributed by atoms with Crippen molar-refractivity contribution in [3.8, 4) is 0 Å². The lowest BCUT2D eigenvalue weighted by atomic mass is 10.1. The normalized spacial score (nSPS) is 20.4. The Hall–Kier alpha value is -1.60. The summed E-state index contributed by atoms with van der Waals surface area (Å²) in [5.41, 5.74) is 0. The van der Waals surface area contributed by atoms with Gasteiger partial charge >= 0.3 is 0 Å². The number of likely N-dealkylation sites (tertiary alicyclic amines) is 1. The molecule has 110 valence electrons. The first-order valence-corrected chi connectivity index (χ1v) is 8.31. The summed E-state index contributed by atoms with van der Waals surface area (Å²) < 4.78 is 30.1. The number of sulfonamides is 1. The number of hydrogen-bond acceptors (Lipinski definition) is 4. The van der Waals surface area contributed by atoms with Crippen LogP contribution in [-0.4, -0.2) is 44.6 Å². The number of nitrogens with one attached hydrogen (secondary N) is 1. The van der Waals surface area contributed by atoms with E-state index in [1.165, 1.54) is 12.3 Å². The first-order chi connectivity index (χ1) is 9.44. The van der Waals surface area contributed by atoms with Crippen LogP contribution in [0.3, 0.4) is 0 Å². The van der Waals surface area contributed by atoms with Crippen molar-refractivity contribution in [1.29, 1.82) is 0 Å². The molecule has 1 amide bonds. The Morgan fingerprint density at radius 1 is 1.55 bits per heavy atom. The van der Waals surface area contributed by atoms with Crippen LogP contribution in [0.1, 0.15) is 18.6 Å². The maximum absolute atomic E-state index is 12.0. The molecule has 1 N–H and O–H groups in total. The molecule has 0 aliphatic carbocycles. The minimum Gasteiger partial charge on any atom is -0.465 e. The highest BCUT2D eigenvalue weighted by molar-refractivity contribution is 7.88. The second-order valence-electron chi connectivity index (χ2n) is 4.86. The summed E-state index contributed by atoms with van der Waals surface area (Å²) in [6.45, 7) is 1.04. The molecule has 0 saturated carbocycles. The van der Waals surface area contributed by atoms with Crippen LogP contribution in [0.4, 0.5) is 0 Å². The molecule has 1 aliphatic rings. The number of nitrogens with zero attached hydrogens (tertiary/aromatic N) is 1. The fourth-order valence-corrected chi connectivity index (χ4v) is 3.02. The van der Waals surface area contributed by atoms with Crippen molar-refractivity contribution in [2.45, 2.75) is 18.9 Å². The summed E-state index contributed by atoms with van der Waals surface area (Å²) >= 11 is 0. The molecule has 6 nitrogen and oxygen atoms in total. The molecule has 1 atom stereocenters. The standard InChI is InChI=1S/C13H18N2O4S/c1-20(17,18)14-11-4-2-8-15(10-11)13(16)7-6-12-5-3-9-19-12/h3,5-7,9,11,14H,2,4,8,10H2,1H3. The van der Waals surface area contributed by atoms with Crippen LogP contribution in [0, 0.1) is 0 Å². The van der Waals surface area contributed by atoms with Crippen molar-refractivity contribution in [2.24, 2.45) is 0 Å². The summed E-state index contributed by atoms with van der Waals surface area (Å²) in [6.07, 6.45) is 7.26. The summed E-state index contributed by atoms with van der Waals surface area (Å²) in [4.78, 5) is 13.7. The lowest BCUT2D eigenvalue weighted by Crippen LogP contribution is -2.48. The molecular weight excluding hydrogens is 280 g/mol. The van der Waals surface area contributed by atoms with Gasteiger partial charge in [-0.2, -0.15) is 0 Å². The van der Waals surface area contributed by atoms with Gasteiger partial charge in [0, 0.05) is 25.2 Å². The van der Waals surface area contributed by atoms with Gasteiger partial charge in [-0.25, -0.2) is 13.1 Å².